The van der Waals surface area contributed by atoms with E-state index >= 15 is 0 Å². The van der Waals surface area contributed by atoms with E-state index in [-0.39, 0.29) is 11.3 Å². The lowest BCUT2D eigenvalue weighted by Crippen LogP contribution is -2.07. The van der Waals surface area contributed by atoms with Crippen molar-refractivity contribution in [3.63, 3.8) is 0 Å². The number of hydrogen-bond donors (Lipinski definition) is 2. The van der Waals surface area contributed by atoms with Crippen molar-refractivity contribution in [1.82, 2.24) is 0 Å². The first-order chi connectivity index (χ1) is 9.75. The molecule has 0 aromatic heterocycles. The smallest absolute Gasteiger partial charge is 0.301 e. The summed E-state index contributed by atoms with van der Waals surface area (Å²) in [5.41, 5.74) is 2.04. The molecule has 0 unspecified atom stereocenters. The minimum Gasteiger partial charge on any atom is -0.301 e. The molecule has 0 atom stereocenters. The summed E-state index contributed by atoms with van der Waals surface area (Å²) in [7, 11) is -4.25. The molecule has 0 saturated carbocycles. The molecule has 0 amide bonds. The first-order valence-corrected chi connectivity index (χ1v) is 8.11. The van der Waals surface area contributed by atoms with Gasteiger partial charge in [-0.1, -0.05) is 24.1 Å². The van der Waals surface area contributed by atoms with Gasteiger partial charge in [0, 0.05) is 6.42 Å². The van der Waals surface area contributed by atoms with Crippen LogP contribution in [-0.2, 0) is 26.2 Å². The number of rotatable bonds is 7. The third-order valence-corrected chi connectivity index (χ3v) is 4.28. The van der Waals surface area contributed by atoms with Crippen LogP contribution in [-0.4, -0.2) is 24.2 Å². The number of aryl methyl sites for hydroxylation is 3. The molecule has 0 bridgehead atoms. The third-order valence-electron chi connectivity index (χ3n) is 3.18. The zero-order chi connectivity index (χ0) is 16.0. The zero-order valence-corrected chi connectivity index (χ0v) is 12.9. The fourth-order valence-corrected chi connectivity index (χ4v) is 3.36. The maximum absolute atomic E-state index is 11.5. The maximum Gasteiger partial charge on any atom is 0.342 e. The summed E-state index contributed by atoms with van der Waals surface area (Å²) in [4.78, 5) is 14.3. The topological polar surface area (TPSA) is 101 Å². The van der Waals surface area contributed by atoms with Crippen LogP contribution in [0.25, 0.3) is 0 Å². The van der Waals surface area contributed by atoms with Gasteiger partial charge in [0.25, 0.3) is 10.1 Å². The Morgan fingerprint density at radius 2 is 1.86 bits per heavy atom. The zero-order valence-electron chi connectivity index (χ0n) is 12.1. The molecule has 0 saturated heterocycles. The fraction of sp³-hybridized carbons (Fsp3) is 0.500. The predicted octanol–water partition coefficient (Wildman–Crippen LogP) is 2.67. The van der Waals surface area contributed by atoms with Gasteiger partial charge in [0.1, 0.15) is 0 Å². The van der Waals surface area contributed by atoms with Crippen LogP contribution in [0, 0.1) is 13.8 Å². The van der Waals surface area contributed by atoms with Crippen molar-refractivity contribution >= 4 is 16.1 Å². The van der Waals surface area contributed by atoms with Crippen molar-refractivity contribution in [3.05, 3.63) is 28.8 Å². The normalized spacial score (nSPS) is 11.4. The van der Waals surface area contributed by atoms with Crippen molar-refractivity contribution in [2.45, 2.75) is 50.8 Å². The van der Waals surface area contributed by atoms with E-state index in [2.05, 4.69) is 4.89 Å². The van der Waals surface area contributed by atoms with E-state index in [1.165, 1.54) is 0 Å². The molecule has 2 N–H and O–H groups in total. The predicted molar refractivity (Wildman–Crippen MR) is 76.6 cm³/mol. The third kappa shape index (κ3) is 5.45. The highest BCUT2D eigenvalue weighted by Crippen LogP contribution is 2.24. The number of carbonyl (C=O) groups excluding carboxylic acids is 1. The summed E-state index contributed by atoms with van der Waals surface area (Å²) in [5, 5.41) is 8.11. The molecule has 0 aliphatic heterocycles. The van der Waals surface area contributed by atoms with Crippen LogP contribution >= 0.6 is 0 Å². The second-order valence-electron chi connectivity index (χ2n) is 5.07. The highest BCUT2D eigenvalue weighted by molar-refractivity contribution is 7.86. The molecule has 0 aliphatic carbocycles. The van der Waals surface area contributed by atoms with Gasteiger partial charge in [-0.3, -0.25) is 4.55 Å². The van der Waals surface area contributed by atoms with Gasteiger partial charge in [0.15, 0.2) is 0 Å². The molecule has 1 aromatic rings. The average Bonchev–Trinajstić information content (AvgIpc) is 2.35. The van der Waals surface area contributed by atoms with Crippen molar-refractivity contribution in [1.29, 1.82) is 0 Å². The number of benzene rings is 1. The van der Waals surface area contributed by atoms with Gasteiger partial charge in [0.05, 0.1) is 4.90 Å². The second-order valence-corrected chi connectivity index (χ2v) is 6.43. The van der Waals surface area contributed by atoms with Crippen LogP contribution in [0.1, 0.15) is 42.4 Å². The Morgan fingerprint density at radius 3 is 2.43 bits per heavy atom. The van der Waals surface area contributed by atoms with Crippen LogP contribution in [0.3, 0.4) is 0 Å². The highest BCUT2D eigenvalue weighted by atomic mass is 32.2. The van der Waals surface area contributed by atoms with Gasteiger partial charge < -0.3 is 4.89 Å². The van der Waals surface area contributed by atoms with Crippen molar-refractivity contribution in [2.24, 2.45) is 0 Å². The number of carbonyl (C=O) groups is 1. The lowest BCUT2D eigenvalue weighted by Gasteiger charge is -2.11. The summed E-state index contributed by atoms with van der Waals surface area (Å²) in [6.07, 6.45) is 2.52. The van der Waals surface area contributed by atoms with E-state index in [1.54, 1.807) is 19.1 Å². The van der Waals surface area contributed by atoms with Crippen molar-refractivity contribution in [2.75, 3.05) is 0 Å². The summed E-state index contributed by atoms with van der Waals surface area (Å²) >= 11 is 0. The molecule has 0 fully saturated rings. The molecular weight excluding hydrogens is 296 g/mol. The standard InChI is InChI=1S/C14H20O6S/c1-10-8-11(2)14(21(17,18)19)12(9-10)6-4-3-5-7-13(15)20-16/h8-9,16H,3-7H2,1-2H3,(H,17,18,19). The van der Waals surface area contributed by atoms with Crippen LogP contribution in [0.15, 0.2) is 17.0 Å². The Hall–Kier alpha value is -1.44. The van der Waals surface area contributed by atoms with Crippen molar-refractivity contribution < 1.29 is 27.9 Å². The van der Waals surface area contributed by atoms with E-state index in [0.29, 0.717) is 36.8 Å². The molecule has 0 spiro atoms. The molecule has 6 nitrogen and oxygen atoms in total. The minimum absolute atomic E-state index is 0.0251. The maximum atomic E-state index is 11.5. The SMILES string of the molecule is Cc1cc(C)c(S(=O)(=O)O)c(CCCCCC(=O)OO)c1. The van der Waals surface area contributed by atoms with Gasteiger partial charge in [0.2, 0.25) is 0 Å². The van der Waals surface area contributed by atoms with E-state index < -0.39 is 16.1 Å². The highest BCUT2D eigenvalue weighted by Gasteiger charge is 2.18. The first kappa shape index (κ1) is 17.6. The molecule has 0 heterocycles. The monoisotopic (exact) mass is 316 g/mol. The lowest BCUT2D eigenvalue weighted by molar-refractivity contribution is -0.234. The quantitative estimate of drug-likeness (QED) is 0.347. The Labute approximate surface area is 124 Å². The van der Waals surface area contributed by atoms with E-state index in [9.17, 15) is 17.8 Å². The Bertz CT molecular complexity index is 606. The summed E-state index contributed by atoms with van der Waals surface area (Å²) in [6, 6.07) is 3.46. The summed E-state index contributed by atoms with van der Waals surface area (Å²) in [5.74, 6) is -0.681. The van der Waals surface area contributed by atoms with E-state index in [1.807, 2.05) is 6.92 Å². The fourth-order valence-electron chi connectivity index (χ4n) is 2.40. The van der Waals surface area contributed by atoms with Crippen LogP contribution in [0.2, 0.25) is 0 Å². The Kier molecular flexibility index (Phi) is 6.32. The Balaban J connectivity index is 2.73. The van der Waals surface area contributed by atoms with E-state index in [0.717, 1.165) is 5.56 Å². The van der Waals surface area contributed by atoms with Gasteiger partial charge in [-0.25, -0.2) is 4.79 Å². The molecule has 7 heteroatoms. The van der Waals surface area contributed by atoms with Crippen molar-refractivity contribution in [3.8, 4) is 0 Å². The number of hydrogen-bond acceptors (Lipinski definition) is 5. The van der Waals surface area contributed by atoms with Crippen LogP contribution in [0.4, 0.5) is 0 Å². The molecule has 118 valence electrons. The molecule has 1 rings (SSSR count). The first-order valence-electron chi connectivity index (χ1n) is 6.67. The van der Waals surface area contributed by atoms with Gasteiger partial charge in [-0.15, -0.1) is 0 Å². The second kappa shape index (κ2) is 7.53. The number of unbranched alkanes of at least 4 members (excludes halogenated alkanes) is 2. The molecular formula is C14H20O6S. The minimum atomic E-state index is -4.25. The summed E-state index contributed by atoms with van der Waals surface area (Å²) < 4.78 is 32.3. The lowest BCUT2D eigenvalue weighted by atomic mass is 10.0. The molecule has 0 aliphatic rings. The molecule has 1 aromatic carbocycles. The summed E-state index contributed by atoms with van der Waals surface area (Å²) in [6.45, 7) is 3.51. The molecule has 0 radical (unpaired) electrons. The molecule has 21 heavy (non-hydrogen) atoms. The average molecular weight is 316 g/mol. The van der Waals surface area contributed by atoms with Gasteiger partial charge in [-0.2, -0.15) is 13.7 Å². The van der Waals surface area contributed by atoms with Gasteiger partial charge in [-0.05, 0) is 44.2 Å². The largest absolute Gasteiger partial charge is 0.342 e. The van der Waals surface area contributed by atoms with Gasteiger partial charge >= 0.3 is 5.97 Å². The van der Waals surface area contributed by atoms with E-state index in [4.69, 9.17) is 5.26 Å². The van der Waals surface area contributed by atoms with Crippen LogP contribution < -0.4 is 0 Å². The Morgan fingerprint density at radius 1 is 1.19 bits per heavy atom. The van der Waals surface area contributed by atoms with Crippen LogP contribution in [0.5, 0.6) is 0 Å².